The number of aryl methyl sites for hydroxylation is 1. The summed E-state index contributed by atoms with van der Waals surface area (Å²) < 4.78 is 7.65. The fourth-order valence-electron chi connectivity index (χ4n) is 3.79. The molecular formula is C23H28N4O2S. The zero-order chi connectivity index (χ0) is 21.6. The minimum absolute atomic E-state index is 0.0580. The van der Waals surface area contributed by atoms with Crippen molar-refractivity contribution >= 4 is 22.9 Å². The lowest BCUT2D eigenvalue weighted by Crippen LogP contribution is -2.43. The second kappa shape index (κ2) is 7.47. The van der Waals surface area contributed by atoms with Gasteiger partial charge in [-0.25, -0.2) is 4.98 Å². The Morgan fingerprint density at radius 1 is 1.33 bits per heavy atom. The normalized spacial score (nSPS) is 12.9. The monoisotopic (exact) mass is 424 g/mol. The summed E-state index contributed by atoms with van der Waals surface area (Å²) in [5.41, 5.74) is 4.81. The lowest BCUT2D eigenvalue weighted by atomic mass is 9.95. The Hall–Kier alpha value is -2.80. The van der Waals surface area contributed by atoms with Crippen LogP contribution in [0.5, 0.6) is 5.75 Å². The number of ether oxygens (including phenoxy) is 1. The minimum Gasteiger partial charge on any atom is -0.495 e. The number of rotatable bonds is 4. The minimum atomic E-state index is -0.286. The summed E-state index contributed by atoms with van der Waals surface area (Å²) in [7, 11) is 5.42. The van der Waals surface area contributed by atoms with Crippen molar-refractivity contribution in [3.63, 3.8) is 0 Å². The van der Waals surface area contributed by atoms with Gasteiger partial charge in [0.25, 0.3) is 5.91 Å². The second-order valence-electron chi connectivity index (χ2n) is 8.51. The van der Waals surface area contributed by atoms with Crippen LogP contribution in [0.2, 0.25) is 0 Å². The van der Waals surface area contributed by atoms with Crippen molar-refractivity contribution in [2.45, 2.75) is 39.3 Å². The molecule has 4 rings (SSSR count). The third kappa shape index (κ3) is 3.27. The van der Waals surface area contributed by atoms with Gasteiger partial charge in [0.2, 0.25) is 0 Å². The summed E-state index contributed by atoms with van der Waals surface area (Å²) in [6.45, 7) is 6.81. The third-order valence-electron chi connectivity index (χ3n) is 5.78. The van der Waals surface area contributed by atoms with E-state index in [-0.39, 0.29) is 11.4 Å². The van der Waals surface area contributed by atoms with E-state index in [0.29, 0.717) is 12.4 Å². The molecule has 0 unspecified atom stereocenters. The summed E-state index contributed by atoms with van der Waals surface area (Å²) in [6.07, 6.45) is 0.822. The third-order valence-corrected chi connectivity index (χ3v) is 6.66. The van der Waals surface area contributed by atoms with Gasteiger partial charge in [0.1, 0.15) is 11.4 Å². The first-order valence-corrected chi connectivity index (χ1v) is 11.0. The first-order chi connectivity index (χ1) is 14.3. The topological polar surface area (TPSA) is 59.4 Å². The Labute approximate surface area is 181 Å². The molecule has 1 aliphatic rings. The molecular weight excluding hydrogens is 396 g/mol. The van der Waals surface area contributed by atoms with Gasteiger partial charge in [-0.2, -0.15) is 0 Å². The number of anilines is 1. The quantitative estimate of drug-likeness (QED) is 0.656. The van der Waals surface area contributed by atoms with Crippen molar-refractivity contribution in [3.05, 3.63) is 41.0 Å². The molecule has 0 spiro atoms. The van der Waals surface area contributed by atoms with Crippen molar-refractivity contribution in [1.82, 2.24) is 14.5 Å². The molecule has 7 heteroatoms. The molecule has 2 aromatic heterocycles. The maximum absolute atomic E-state index is 13.4. The molecule has 0 bridgehead atoms. The molecule has 3 aromatic rings. The van der Waals surface area contributed by atoms with E-state index in [2.05, 4.69) is 28.1 Å². The van der Waals surface area contributed by atoms with Crippen molar-refractivity contribution in [2.75, 3.05) is 26.5 Å². The number of nitrogens with zero attached hydrogens (tertiary/aromatic N) is 3. The molecule has 1 aromatic carbocycles. The van der Waals surface area contributed by atoms with E-state index < -0.39 is 0 Å². The second-order valence-corrected chi connectivity index (χ2v) is 9.45. The lowest BCUT2D eigenvalue weighted by Gasteiger charge is -2.32. The number of carbonyl (C=O) groups excluding carboxylic acids is 1. The number of aromatic nitrogens is 2. The molecule has 158 valence electrons. The molecule has 0 radical (unpaired) electrons. The van der Waals surface area contributed by atoms with Crippen LogP contribution in [0.1, 0.15) is 37.0 Å². The van der Waals surface area contributed by atoms with Crippen LogP contribution >= 0.6 is 11.3 Å². The predicted molar refractivity (Wildman–Crippen MR) is 123 cm³/mol. The summed E-state index contributed by atoms with van der Waals surface area (Å²) in [6, 6.07) is 8.29. The highest BCUT2D eigenvalue weighted by Crippen LogP contribution is 2.43. The number of hydrogen-bond acceptors (Lipinski definition) is 5. The Morgan fingerprint density at radius 3 is 2.70 bits per heavy atom. The number of fused-ring (bicyclic) bond motifs is 3. The van der Waals surface area contributed by atoms with Crippen LogP contribution in [-0.2, 0) is 13.0 Å². The Bertz CT molecular complexity index is 1090. The van der Waals surface area contributed by atoms with Gasteiger partial charge < -0.3 is 19.5 Å². The van der Waals surface area contributed by atoms with Gasteiger partial charge in [0.15, 0.2) is 5.82 Å². The smallest absolute Gasteiger partial charge is 0.290 e. The lowest BCUT2D eigenvalue weighted by molar-refractivity contribution is 0.0638. The molecule has 30 heavy (non-hydrogen) atoms. The van der Waals surface area contributed by atoms with E-state index in [1.54, 1.807) is 23.3 Å². The molecule has 1 aliphatic heterocycles. The van der Waals surface area contributed by atoms with Gasteiger partial charge in [-0.3, -0.25) is 4.79 Å². The fourth-order valence-corrected chi connectivity index (χ4v) is 4.51. The van der Waals surface area contributed by atoms with E-state index in [9.17, 15) is 4.79 Å². The van der Waals surface area contributed by atoms with Crippen molar-refractivity contribution in [1.29, 1.82) is 0 Å². The number of thiophene rings is 1. The molecule has 0 atom stereocenters. The maximum atomic E-state index is 13.4. The first kappa shape index (κ1) is 20.5. The predicted octanol–water partition coefficient (Wildman–Crippen LogP) is 4.76. The number of nitrogens with one attached hydrogen (secondary N) is 1. The van der Waals surface area contributed by atoms with Crippen LogP contribution < -0.4 is 10.1 Å². The SMILES string of the molecule is CNc1cc2c(cc1OC)CCn1c(C(=O)N(C)C(C)(C)C)nc(-c3cccs3)c1-2. The van der Waals surface area contributed by atoms with Crippen LogP contribution in [0.3, 0.4) is 0 Å². The highest BCUT2D eigenvalue weighted by atomic mass is 32.1. The number of hydrogen-bond donors (Lipinski definition) is 1. The van der Waals surface area contributed by atoms with Gasteiger partial charge in [-0.05, 0) is 56.3 Å². The average molecular weight is 425 g/mol. The summed E-state index contributed by atoms with van der Waals surface area (Å²) in [5.74, 6) is 1.27. The highest BCUT2D eigenvalue weighted by molar-refractivity contribution is 7.13. The fraction of sp³-hybridized carbons (Fsp3) is 0.391. The number of benzene rings is 1. The van der Waals surface area contributed by atoms with E-state index in [4.69, 9.17) is 9.72 Å². The van der Waals surface area contributed by atoms with E-state index >= 15 is 0 Å². The Balaban J connectivity index is 1.95. The zero-order valence-electron chi connectivity index (χ0n) is 18.4. The average Bonchev–Trinajstić information content (AvgIpc) is 3.38. The number of imidazole rings is 1. The number of carbonyl (C=O) groups is 1. The van der Waals surface area contributed by atoms with Gasteiger partial charge in [-0.1, -0.05) is 6.07 Å². The van der Waals surface area contributed by atoms with Crippen LogP contribution in [-0.4, -0.2) is 47.1 Å². The summed E-state index contributed by atoms with van der Waals surface area (Å²) >= 11 is 1.64. The van der Waals surface area contributed by atoms with Gasteiger partial charge in [-0.15, -0.1) is 11.3 Å². The Kier molecular flexibility index (Phi) is 5.10. The van der Waals surface area contributed by atoms with Crippen LogP contribution in [0.25, 0.3) is 21.8 Å². The molecule has 0 saturated heterocycles. The molecule has 6 nitrogen and oxygen atoms in total. The summed E-state index contributed by atoms with van der Waals surface area (Å²) in [5, 5.41) is 5.26. The maximum Gasteiger partial charge on any atom is 0.290 e. The van der Waals surface area contributed by atoms with Gasteiger partial charge in [0, 0.05) is 31.7 Å². The standard InChI is InChI=1S/C23H28N4O2S/c1-23(2,3)26(5)22(28)21-25-19(18-8-7-11-30-18)20-15-13-16(24-4)17(29-6)12-14(15)9-10-27(20)21/h7-8,11-13,24H,9-10H2,1-6H3. The first-order valence-electron chi connectivity index (χ1n) is 10.1. The zero-order valence-corrected chi connectivity index (χ0v) is 19.2. The highest BCUT2D eigenvalue weighted by Gasteiger charge is 2.33. The molecule has 1 amide bonds. The van der Waals surface area contributed by atoms with Gasteiger partial charge >= 0.3 is 0 Å². The molecule has 0 aliphatic carbocycles. The van der Waals surface area contributed by atoms with Crippen LogP contribution in [0, 0.1) is 0 Å². The number of methoxy groups -OCH3 is 1. The van der Waals surface area contributed by atoms with Crippen molar-refractivity contribution < 1.29 is 9.53 Å². The van der Waals surface area contributed by atoms with E-state index in [1.807, 2.05) is 46.3 Å². The number of amides is 1. The Morgan fingerprint density at radius 2 is 2.10 bits per heavy atom. The van der Waals surface area contributed by atoms with E-state index in [0.717, 1.165) is 39.7 Å². The van der Waals surface area contributed by atoms with Crippen molar-refractivity contribution in [3.8, 4) is 27.6 Å². The molecule has 1 N–H and O–H groups in total. The molecule has 3 heterocycles. The van der Waals surface area contributed by atoms with Crippen LogP contribution in [0.15, 0.2) is 29.6 Å². The summed E-state index contributed by atoms with van der Waals surface area (Å²) in [4.78, 5) is 21.1. The van der Waals surface area contributed by atoms with Gasteiger partial charge in [0.05, 0.1) is 23.4 Å². The van der Waals surface area contributed by atoms with E-state index in [1.165, 1.54) is 5.56 Å². The largest absolute Gasteiger partial charge is 0.495 e. The van der Waals surface area contributed by atoms with Crippen LogP contribution in [0.4, 0.5) is 5.69 Å². The molecule has 0 fully saturated rings. The molecule has 0 saturated carbocycles. The van der Waals surface area contributed by atoms with Crippen molar-refractivity contribution in [2.24, 2.45) is 0 Å².